The molecule has 1 unspecified atom stereocenters. The van der Waals surface area contributed by atoms with Gasteiger partial charge in [0.15, 0.2) is 3.92 Å². The summed E-state index contributed by atoms with van der Waals surface area (Å²) in [5.74, 6) is 0.0141. The molecule has 4 nitrogen and oxygen atoms in total. The van der Waals surface area contributed by atoms with Crippen molar-refractivity contribution in [2.45, 2.75) is 25.8 Å². The molecular weight excluding hydrogens is 303 g/mol. The summed E-state index contributed by atoms with van der Waals surface area (Å²) in [5.41, 5.74) is 0.798. The minimum Gasteiger partial charge on any atom is -0.348 e. The number of hydrogen-bond donors (Lipinski definition) is 1. The normalized spacial score (nSPS) is 21.5. The van der Waals surface area contributed by atoms with Crippen LogP contribution in [0.25, 0.3) is 0 Å². The first-order valence-electron chi connectivity index (χ1n) is 5.68. The van der Waals surface area contributed by atoms with Gasteiger partial charge in [-0.1, -0.05) is 0 Å². The number of rotatable bonds is 2. The molecule has 94 valence electrons. The molecule has 0 saturated carbocycles. The fourth-order valence-corrected chi connectivity index (χ4v) is 3.43. The Morgan fingerprint density at radius 1 is 1.53 bits per heavy atom. The Balaban J connectivity index is 1.95. The second kappa shape index (κ2) is 5.46. The summed E-state index contributed by atoms with van der Waals surface area (Å²) in [7, 11) is 2.11. The number of thiazole rings is 1. The van der Waals surface area contributed by atoms with E-state index in [0.717, 1.165) is 40.4 Å². The first-order chi connectivity index (χ1) is 8.06. The number of aromatic nitrogens is 1. The molecule has 0 aliphatic carbocycles. The highest BCUT2D eigenvalue weighted by atomic mass is 79.9. The molecule has 0 aromatic carbocycles. The quantitative estimate of drug-likeness (QED) is 0.849. The highest BCUT2D eigenvalue weighted by Gasteiger charge is 2.21. The number of hydrogen-bond acceptors (Lipinski definition) is 4. The molecule has 1 aromatic rings. The van der Waals surface area contributed by atoms with E-state index in [2.05, 4.69) is 38.2 Å². The predicted molar refractivity (Wildman–Crippen MR) is 72.5 cm³/mol. The van der Waals surface area contributed by atoms with E-state index in [9.17, 15) is 4.79 Å². The number of piperidine rings is 1. The van der Waals surface area contributed by atoms with Gasteiger partial charge in [-0.25, -0.2) is 4.98 Å². The van der Waals surface area contributed by atoms with Crippen molar-refractivity contribution < 1.29 is 4.79 Å². The summed E-state index contributed by atoms with van der Waals surface area (Å²) in [4.78, 5) is 19.3. The summed E-state index contributed by atoms with van der Waals surface area (Å²) in [5, 5.41) is 3.09. The number of amides is 1. The number of aryl methyl sites for hydroxylation is 1. The SMILES string of the molecule is Cc1nc(Br)sc1C(=O)NC1CCN(C)[13CH2]C1. The fraction of sp³-hybridized carbons (Fsp3) is 0.636. The van der Waals surface area contributed by atoms with Gasteiger partial charge in [-0.05, 0) is 55.8 Å². The Morgan fingerprint density at radius 3 is 2.71 bits per heavy atom. The molecule has 1 amide bonds. The zero-order chi connectivity index (χ0) is 12.4. The van der Waals surface area contributed by atoms with Gasteiger partial charge in [0.25, 0.3) is 5.91 Å². The van der Waals surface area contributed by atoms with Crippen molar-refractivity contribution in [3.05, 3.63) is 14.5 Å². The molecule has 2 rings (SSSR count). The molecule has 0 spiro atoms. The van der Waals surface area contributed by atoms with E-state index in [0.29, 0.717) is 6.04 Å². The summed E-state index contributed by atoms with van der Waals surface area (Å²) in [6.07, 6.45) is 2.06. The van der Waals surface area contributed by atoms with Gasteiger partial charge in [-0.3, -0.25) is 4.79 Å². The molecule has 2 heterocycles. The van der Waals surface area contributed by atoms with Crippen LogP contribution >= 0.6 is 27.3 Å². The van der Waals surface area contributed by atoms with E-state index in [1.54, 1.807) is 0 Å². The number of carbonyl (C=O) groups is 1. The van der Waals surface area contributed by atoms with Gasteiger partial charge in [0.1, 0.15) is 4.88 Å². The number of likely N-dealkylation sites (tertiary alicyclic amines) is 1. The van der Waals surface area contributed by atoms with Crippen LogP contribution in [-0.4, -0.2) is 42.0 Å². The first kappa shape index (κ1) is 13.0. The Labute approximate surface area is 114 Å². The van der Waals surface area contributed by atoms with Crippen molar-refractivity contribution in [3.63, 3.8) is 0 Å². The largest absolute Gasteiger partial charge is 0.348 e. The van der Waals surface area contributed by atoms with Gasteiger partial charge in [-0.2, -0.15) is 0 Å². The van der Waals surface area contributed by atoms with Crippen molar-refractivity contribution >= 4 is 33.2 Å². The van der Waals surface area contributed by atoms with Crippen molar-refractivity contribution in [2.75, 3.05) is 20.1 Å². The number of nitrogens with one attached hydrogen (secondary N) is 1. The third-order valence-corrected chi connectivity index (χ3v) is 4.64. The van der Waals surface area contributed by atoms with Gasteiger partial charge < -0.3 is 10.2 Å². The topological polar surface area (TPSA) is 45.2 Å². The molecule has 1 aliphatic heterocycles. The fourth-order valence-electron chi connectivity index (χ4n) is 1.98. The minimum atomic E-state index is 0.0141. The van der Waals surface area contributed by atoms with Crippen molar-refractivity contribution in [1.29, 1.82) is 0 Å². The van der Waals surface area contributed by atoms with E-state index in [4.69, 9.17) is 0 Å². The van der Waals surface area contributed by atoms with Crippen LogP contribution in [0.4, 0.5) is 0 Å². The Bertz CT molecular complexity index is 413. The average Bonchev–Trinajstić information content (AvgIpc) is 2.61. The number of halogens is 1. The molecule has 0 bridgehead atoms. The van der Waals surface area contributed by atoms with E-state index >= 15 is 0 Å². The number of carbonyl (C=O) groups excluding carboxylic acids is 1. The Hall–Kier alpha value is -0.460. The smallest absolute Gasteiger partial charge is 0.263 e. The summed E-state index contributed by atoms with van der Waals surface area (Å²) < 4.78 is 0.767. The summed E-state index contributed by atoms with van der Waals surface area (Å²) in [6, 6.07) is 0.305. The zero-order valence-electron chi connectivity index (χ0n) is 9.99. The Kier molecular flexibility index (Phi) is 4.17. The van der Waals surface area contributed by atoms with Crippen LogP contribution < -0.4 is 5.32 Å². The zero-order valence-corrected chi connectivity index (χ0v) is 12.4. The van der Waals surface area contributed by atoms with Gasteiger partial charge >= 0.3 is 0 Å². The van der Waals surface area contributed by atoms with Crippen LogP contribution in [0.15, 0.2) is 3.92 Å². The molecule has 1 aromatic heterocycles. The minimum absolute atomic E-state index is 0.0141. The summed E-state index contributed by atoms with van der Waals surface area (Å²) in [6.45, 7) is 3.97. The average molecular weight is 319 g/mol. The summed E-state index contributed by atoms with van der Waals surface area (Å²) >= 11 is 4.70. The highest BCUT2D eigenvalue weighted by Crippen LogP contribution is 2.23. The maximum absolute atomic E-state index is 12.1. The van der Waals surface area contributed by atoms with Gasteiger partial charge in [0.2, 0.25) is 0 Å². The van der Waals surface area contributed by atoms with Crippen molar-refractivity contribution in [3.8, 4) is 0 Å². The second-order valence-electron chi connectivity index (χ2n) is 4.43. The Morgan fingerprint density at radius 2 is 2.18 bits per heavy atom. The highest BCUT2D eigenvalue weighted by molar-refractivity contribution is 9.11. The maximum Gasteiger partial charge on any atom is 0.263 e. The van der Waals surface area contributed by atoms with E-state index in [1.165, 1.54) is 11.3 Å². The van der Waals surface area contributed by atoms with Crippen LogP contribution in [-0.2, 0) is 0 Å². The molecule has 17 heavy (non-hydrogen) atoms. The monoisotopic (exact) mass is 318 g/mol. The maximum atomic E-state index is 12.1. The van der Waals surface area contributed by atoms with Crippen LogP contribution in [0.3, 0.4) is 0 Å². The van der Waals surface area contributed by atoms with E-state index in [-0.39, 0.29) is 5.91 Å². The van der Waals surface area contributed by atoms with Crippen molar-refractivity contribution in [1.82, 2.24) is 15.2 Å². The standard InChI is InChI=1S/C11H16BrN3OS/c1-7-9(17-11(12)13-7)10(16)14-8-3-5-15(2)6-4-8/h8H,3-6H2,1-2H3,(H,14,16)/i5+1. The molecular formula is C11H16BrN3OS. The van der Waals surface area contributed by atoms with E-state index < -0.39 is 0 Å². The second-order valence-corrected chi connectivity index (χ2v) is 6.71. The lowest BCUT2D eigenvalue weighted by Crippen LogP contribution is -2.43. The van der Waals surface area contributed by atoms with Crippen LogP contribution in [0, 0.1) is 6.92 Å². The first-order valence-corrected chi connectivity index (χ1v) is 7.29. The van der Waals surface area contributed by atoms with Crippen molar-refractivity contribution in [2.24, 2.45) is 0 Å². The lowest BCUT2D eigenvalue weighted by Gasteiger charge is -2.29. The van der Waals surface area contributed by atoms with E-state index in [1.807, 2.05) is 6.92 Å². The lowest BCUT2D eigenvalue weighted by atomic mass is 10.1. The van der Waals surface area contributed by atoms with Gasteiger partial charge in [0.05, 0.1) is 5.69 Å². The molecule has 1 saturated heterocycles. The molecule has 1 N–H and O–H groups in total. The number of nitrogens with zero attached hydrogens (tertiary/aromatic N) is 2. The van der Waals surface area contributed by atoms with Gasteiger partial charge in [0, 0.05) is 6.04 Å². The lowest BCUT2D eigenvalue weighted by molar-refractivity contribution is 0.0920. The predicted octanol–water partition coefficient (Wildman–Crippen LogP) is 2.04. The van der Waals surface area contributed by atoms with Gasteiger partial charge in [-0.15, -0.1) is 11.3 Å². The molecule has 1 atom stereocenters. The third-order valence-electron chi connectivity index (χ3n) is 3.03. The van der Waals surface area contributed by atoms with Crippen LogP contribution in [0.1, 0.15) is 28.2 Å². The molecule has 0 radical (unpaired) electrons. The molecule has 6 heteroatoms. The third kappa shape index (κ3) is 3.26. The van der Waals surface area contributed by atoms with Crippen LogP contribution in [0.5, 0.6) is 0 Å². The van der Waals surface area contributed by atoms with Crippen LogP contribution in [0.2, 0.25) is 0 Å². The molecule has 1 aliphatic rings. The molecule has 1 fully saturated rings.